The van der Waals surface area contributed by atoms with Gasteiger partial charge in [0, 0.05) is 5.02 Å². The normalized spacial score (nSPS) is 10.0. The van der Waals surface area contributed by atoms with Gasteiger partial charge in [0.15, 0.2) is 5.16 Å². The molecule has 9 heteroatoms. The fourth-order valence-electron chi connectivity index (χ4n) is 1.61. The van der Waals surface area contributed by atoms with Gasteiger partial charge in [-0.1, -0.05) is 23.4 Å². The Labute approximate surface area is 148 Å². The van der Waals surface area contributed by atoms with Crippen LogP contribution in [-0.4, -0.2) is 34.8 Å². The van der Waals surface area contributed by atoms with E-state index in [1.807, 2.05) is 6.07 Å². The molecule has 1 aromatic heterocycles. The first-order chi connectivity index (χ1) is 11.6. The van der Waals surface area contributed by atoms with Gasteiger partial charge in [-0.25, -0.2) is 9.97 Å². The van der Waals surface area contributed by atoms with Crippen LogP contribution in [-0.2, 0) is 4.79 Å². The van der Waals surface area contributed by atoms with Gasteiger partial charge in [-0.2, -0.15) is 5.26 Å². The molecule has 1 heterocycles. The molecule has 1 amide bonds. The lowest BCUT2D eigenvalue weighted by molar-refractivity contribution is -0.118. The second kappa shape index (κ2) is 8.96. The maximum atomic E-state index is 11.7. The minimum atomic E-state index is -0.175. The third-order valence-corrected chi connectivity index (χ3v) is 3.87. The van der Waals surface area contributed by atoms with E-state index in [2.05, 4.69) is 15.3 Å². The van der Waals surface area contributed by atoms with Crippen molar-refractivity contribution in [3.8, 4) is 11.8 Å². The maximum Gasteiger partial charge on any atom is 0.230 e. The zero-order valence-electron chi connectivity index (χ0n) is 12.5. The van der Waals surface area contributed by atoms with Crippen molar-refractivity contribution in [3.63, 3.8) is 0 Å². The first-order valence-corrected chi connectivity index (χ1v) is 8.25. The molecule has 0 fully saturated rings. The highest BCUT2D eigenvalue weighted by molar-refractivity contribution is 7.99. The minimum absolute atomic E-state index is 0.103. The summed E-state index contributed by atoms with van der Waals surface area (Å²) in [5.41, 5.74) is 5.80. The van der Waals surface area contributed by atoms with Crippen LogP contribution in [0, 0.1) is 11.3 Å². The SMILES string of the molecule is N#Cc1cnc(SCC(=O)NCCOc2ccc(Cl)cc2)nc1N. The number of amides is 1. The molecule has 24 heavy (non-hydrogen) atoms. The lowest BCUT2D eigenvalue weighted by Gasteiger charge is -2.07. The van der Waals surface area contributed by atoms with Crippen LogP contribution in [0.5, 0.6) is 5.75 Å². The van der Waals surface area contributed by atoms with E-state index < -0.39 is 0 Å². The molecule has 2 aromatic rings. The standard InChI is InChI=1S/C15H14ClN5O2S/c16-11-1-3-12(4-2-11)23-6-5-19-13(22)9-24-15-20-8-10(7-17)14(18)21-15/h1-4,8H,5-6,9H2,(H,19,22)(H2,18,20,21). The van der Waals surface area contributed by atoms with E-state index in [0.717, 1.165) is 11.8 Å². The number of benzene rings is 1. The predicted molar refractivity (Wildman–Crippen MR) is 91.8 cm³/mol. The van der Waals surface area contributed by atoms with Crippen molar-refractivity contribution >= 4 is 35.1 Å². The Balaban J connectivity index is 1.67. The van der Waals surface area contributed by atoms with Crippen LogP contribution in [0.1, 0.15) is 5.56 Å². The van der Waals surface area contributed by atoms with Gasteiger partial charge in [-0.15, -0.1) is 0 Å². The fraction of sp³-hybridized carbons (Fsp3) is 0.200. The summed E-state index contributed by atoms with van der Waals surface area (Å²) in [6, 6.07) is 8.85. The lowest BCUT2D eigenvalue weighted by atomic mass is 10.3. The number of carbonyl (C=O) groups excluding carboxylic acids is 1. The molecule has 0 aliphatic heterocycles. The summed E-state index contributed by atoms with van der Waals surface area (Å²) in [5.74, 6) is 0.759. The van der Waals surface area contributed by atoms with Gasteiger partial charge in [0.2, 0.25) is 5.91 Å². The first-order valence-electron chi connectivity index (χ1n) is 6.89. The van der Waals surface area contributed by atoms with Crippen LogP contribution >= 0.6 is 23.4 Å². The Kier molecular flexibility index (Phi) is 6.66. The molecule has 0 bridgehead atoms. The zero-order valence-corrected chi connectivity index (χ0v) is 14.1. The van der Waals surface area contributed by atoms with E-state index >= 15 is 0 Å². The van der Waals surface area contributed by atoms with Crippen molar-refractivity contribution < 1.29 is 9.53 Å². The number of carbonyl (C=O) groups is 1. The summed E-state index contributed by atoms with van der Waals surface area (Å²) in [5, 5.41) is 12.4. The van der Waals surface area contributed by atoms with Crippen LogP contribution in [0.25, 0.3) is 0 Å². The maximum absolute atomic E-state index is 11.7. The van der Waals surface area contributed by atoms with Gasteiger partial charge >= 0.3 is 0 Å². The Morgan fingerprint density at radius 2 is 2.17 bits per heavy atom. The summed E-state index contributed by atoms with van der Waals surface area (Å²) < 4.78 is 5.46. The molecule has 0 aliphatic carbocycles. The van der Waals surface area contributed by atoms with E-state index in [1.54, 1.807) is 24.3 Å². The third-order valence-electron chi connectivity index (χ3n) is 2.76. The van der Waals surface area contributed by atoms with Crippen LogP contribution in [0.4, 0.5) is 5.82 Å². The second-order valence-electron chi connectivity index (χ2n) is 4.50. The van der Waals surface area contributed by atoms with E-state index in [1.165, 1.54) is 6.20 Å². The van der Waals surface area contributed by atoms with E-state index in [4.69, 9.17) is 27.3 Å². The van der Waals surface area contributed by atoms with Crippen molar-refractivity contribution in [2.45, 2.75) is 5.16 Å². The number of nitriles is 1. The van der Waals surface area contributed by atoms with Gasteiger partial charge in [-0.05, 0) is 24.3 Å². The molecular formula is C15H14ClN5O2S. The highest BCUT2D eigenvalue weighted by Gasteiger charge is 2.07. The number of aromatic nitrogens is 2. The monoisotopic (exact) mass is 363 g/mol. The number of nitrogen functional groups attached to an aromatic ring is 1. The first kappa shape index (κ1) is 17.8. The van der Waals surface area contributed by atoms with Crippen LogP contribution in [0.2, 0.25) is 5.02 Å². The highest BCUT2D eigenvalue weighted by atomic mass is 35.5. The molecule has 0 aliphatic rings. The molecule has 0 spiro atoms. The number of nitrogens with zero attached hydrogens (tertiary/aromatic N) is 3. The average Bonchev–Trinajstić information content (AvgIpc) is 2.58. The molecular weight excluding hydrogens is 350 g/mol. The number of hydrogen-bond donors (Lipinski definition) is 2. The highest BCUT2D eigenvalue weighted by Crippen LogP contribution is 2.16. The van der Waals surface area contributed by atoms with Crippen molar-refractivity contribution in [1.82, 2.24) is 15.3 Å². The van der Waals surface area contributed by atoms with Gasteiger partial charge in [-0.3, -0.25) is 4.79 Å². The minimum Gasteiger partial charge on any atom is -0.492 e. The van der Waals surface area contributed by atoms with Gasteiger partial charge < -0.3 is 15.8 Å². The Morgan fingerprint density at radius 3 is 2.83 bits per heavy atom. The zero-order chi connectivity index (χ0) is 17.4. The topological polar surface area (TPSA) is 114 Å². The Hall–Kier alpha value is -2.50. The summed E-state index contributed by atoms with van der Waals surface area (Å²) in [6.07, 6.45) is 1.34. The van der Waals surface area contributed by atoms with Crippen molar-refractivity contribution in [2.24, 2.45) is 0 Å². The molecule has 2 rings (SSSR count). The van der Waals surface area contributed by atoms with Crippen molar-refractivity contribution in [3.05, 3.63) is 41.0 Å². The number of halogens is 1. The summed E-state index contributed by atoms with van der Waals surface area (Å²) in [4.78, 5) is 19.6. The molecule has 0 saturated carbocycles. The average molecular weight is 364 g/mol. The number of rotatable bonds is 7. The number of hydrogen-bond acceptors (Lipinski definition) is 7. The number of nitrogens with one attached hydrogen (secondary N) is 1. The molecule has 7 nitrogen and oxygen atoms in total. The molecule has 0 radical (unpaired) electrons. The number of thioether (sulfide) groups is 1. The van der Waals surface area contributed by atoms with E-state index in [0.29, 0.717) is 29.1 Å². The molecule has 3 N–H and O–H groups in total. The van der Waals surface area contributed by atoms with E-state index in [-0.39, 0.29) is 23.0 Å². The summed E-state index contributed by atoms with van der Waals surface area (Å²) in [6.45, 7) is 0.719. The molecule has 124 valence electrons. The van der Waals surface area contributed by atoms with Crippen LogP contribution < -0.4 is 15.8 Å². The molecule has 0 unspecified atom stereocenters. The predicted octanol–water partition coefficient (Wildman–Crippen LogP) is 1.87. The molecule has 0 saturated heterocycles. The van der Waals surface area contributed by atoms with Gasteiger partial charge in [0.1, 0.15) is 29.8 Å². The van der Waals surface area contributed by atoms with Gasteiger partial charge in [0.05, 0.1) is 18.5 Å². The van der Waals surface area contributed by atoms with Crippen LogP contribution in [0.3, 0.4) is 0 Å². The van der Waals surface area contributed by atoms with Gasteiger partial charge in [0.25, 0.3) is 0 Å². The summed E-state index contributed by atoms with van der Waals surface area (Å²) in [7, 11) is 0. The number of nitrogens with two attached hydrogens (primary N) is 1. The largest absolute Gasteiger partial charge is 0.492 e. The number of anilines is 1. The van der Waals surface area contributed by atoms with Crippen molar-refractivity contribution in [2.75, 3.05) is 24.6 Å². The quantitative estimate of drug-likeness (QED) is 0.438. The third kappa shape index (κ3) is 5.61. The Bertz CT molecular complexity index is 749. The molecule has 1 aromatic carbocycles. The fourth-order valence-corrected chi connectivity index (χ4v) is 2.38. The second-order valence-corrected chi connectivity index (χ2v) is 5.88. The van der Waals surface area contributed by atoms with E-state index in [9.17, 15) is 4.79 Å². The lowest BCUT2D eigenvalue weighted by Crippen LogP contribution is -2.29. The van der Waals surface area contributed by atoms with Crippen molar-refractivity contribution in [1.29, 1.82) is 5.26 Å². The molecule has 0 atom stereocenters. The van der Waals surface area contributed by atoms with Crippen LogP contribution in [0.15, 0.2) is 35.6 Å². The Morgan fingerprint density at radius 1 is 1.42 bits per heavy atom. The summed E-state index contributed by atoms with van der Waals surface area (Å²) >= 11 is 6.92. The number of ether oxygens (including phenoxy) is 1. The smallest absolute Gasteiger partial charge is 0.230 e.